The molecule has 0 fully saturated rings. The van der Waals surface area contributed by atoms with Crippen molar-refractivity contribution >= 4 is 27.3 Å². The van der Waals surface area contributed by atoms with E-state index in [1.54, 1.807) is 0 Å². The molecule has 1 aromatic heterocycles. The third-order valence-corrected chi connectivity index (χ3v) is 5.31. The van der Waals surface area contributed by atoms with Crippen LogP contribution in [0.3, 0.4) is 0 Å². The number of thiophene rings is 1. The molecule has 17 heavy (non-hydrogen) atoms. The average molecular weight is 318 g/mol. The maximum Gasteiger partial charge on any atom is 0.0428 e. The molecule has 0 aromatic carbocycles. The Kier molecular flexibility index (Phi) is 7.40. The van der Waals surface area contributed by atoms with Crippen LogP contribution in [-0.4, -0.2) is 6.54 Å². The van der Waals surface area contributed by atoms with Crippen LogP contribution in [0, 0.1) is 5.92 Å². The fourth-order valence-corrected chi connectivity index (χ4v) is 3.85. The summed E-state index contributed by atoms with van der Waals surface area (Å²) in [6, 6.07) is 2.68. The molecule has 1 N–H and O–H groups in total. The zero-order valence-corrected chi connectivity index (χ0v) is 13.5. The van der Waals surface area contributed by atoms with Crippen LogP contribution in [0.15, 0.2) is 15.9 Å². The molecule has 0 saturated heterocycles. The minimum Gasteiger partial charge on any atom is -0.309 e. The second-order valence-corrected chi connectivity index (χ2v) is 6.36. The van der Waals surface area contributed by atoms with Crippen LogP contribution in [-0.2, 0) is 0 Å². The number of hydrogen-bond donors (Lipinski definition) is 1. The Bertz CT molecular complexity index is 307. The highest BCUT2D eigenvalue weighted by Crippen LogP contribution is 2.34. The number of halogens is 1. The first-order valence-electron chi connectivity index (χ1n) is 6.69. The lowest BCUT2D eigenvalue weighted by molar-refractivity contribution is 0.374. The minimum atomic E-state index is 0.522. The molecular formula is C14H24BrNS. The molecule has 98 valence electrons. The average Bonchev–Trinajstić information content (AvgIpc) is 2.76. The first kappa shape index (κ1) is 15.2. The van der Waals surface area contributed by atoms with Crippen molar-refractivity contribution < 1.29 is 0 Å². The van der Waals surface area contributed by atoms with Crippen LogP contribution in [0.4, 0.5) is 0 Å². The summed E-state index contributed by atoms with van der Waals surface area (Å²) in [6.07, 6.45) is 5.02. The molecule has 3 heteroatoms. The van der Waals surface area contributed by atoms with Crippen molar-refractivity contribution in [3.05, 3.63) is 20.8 Å². The van der Waals surface area contributed by atoms with Crippen LogP contribution in [0.1, 0.15) is 57.4 Å². The molecule has 0 spiro atoms. The van der Waals surface area contributed by atoms with E-state index in [0.29, 0.717) is 6.04 Å². The smallest absolute Gasteiger partial charge is 0.0428 e. The molecule has 0 saturated carbocycles. The molecule has 1 nitrogen and oxygen atoms in total. The lowest BCUT2D eigenvalue weighted by Crippen LogP contribution is -2.24. The van der Waals surface area contributed by atoms with E-state index in [-0.39, 0.29) is 0 Å². The minimum absolute atomic E-state index is 0.522. The van der Waals surface area contributed by atoms with Gasteiger partial charge in [0.15, 0.2) is 0 Å². The molecular weight excluding hydrogens is 294 g/mol. The second-order valence-electron chi connectivity index (χ2n) is 4.56. The van der Waals surface area contributed by atoms with Gasteiger partial charge < -0.3 is 5.32 Å². The molecule has 0 radical (unpaired) electrons. The maximum absolute atomic E-state index is 3.69. The Morgan fingerprint density at radius 2 is 2.00 bits per heavy atom. The van der Waals surface area contributed by atoms with Gasteiger partial charge in [-0.05, 0) is 52.7 Å². The summed E-state index contributed by atoms with van der Waals surface area (Å²) >= 11 is 5.52. The topological polar surface area (TPSA) is 12.0 Å². The fourth-order valence-electron chi connectivity index (χ4n) is 2.11. The predicted molar refractivity (Wildman–Crippen MR) is 81.7 cm³/mol. The monoisotopic (exact) mass is 317 g/mol. The largest absolute Gasteiger partial charge is 0.309 e. The van der Waals surface area contributed by atoms with Gasteiger partial charge in [-0.2, -0.15) is 0 Å². The summed E-state index contributed by atoms with van der Waals surface area (Å²) in [7, 11) is 0. The first-order valence-corrected chi connectivity index (χ1v) is 8.36. The summed E-state index contributed by atoms with van der Waals surface area (Å²) in [5, 5.41) is 5.87. The lowest BCUT2D eigenvalue weighted by Gasteiger charge is -2.22. The zero-order chi connectivity index (χ0) is 12.7. The summed E-state index contributed by atoms with van der Waals surface area (Å²) in [5.41, 5.74) is 0. The number of nitrogens with one attached hydrogen (secondary N) is 1. The van der Waals surface area contributed by atoms with Crippen molar-refractivity contribution in [1.29, 1.82) is 0 Å². The Morgan fingerprint density at radius 3 is 2.47 bits per heavy atom. The van der Waals surface area contributed by atoms with Crippen molar-refractivity contribution in [3.8, 4) is 0 Å². The van der Waals surface area contributed by atoms with Gasteiger partial charge in [0.05, 0.1) is 0 Å². The molecule has 1 rings (SSSR count). The van der Waals surface area contributed by atoms with E-state index in [2.05, 4.69) is 53.5 Å². The van der Waals surface area contributed by atoms with Crippen LogP contribution in [0.25, 0.3) is 0 Å². The van der Waals surface area contributed by atoms with Gasteiger partial charge in [-0.3, -0.25) is 0 Å². The number of hydrogen-bond acceptors (Lipinski definition) is 2. The van der Waals surface area contributed by atoms with E-state index in [0.717, 1.165) is 12.5 Å². The fraction of sp³-hybridized carbons (Fsp3) is 0.714. The SMILES string of the molecule is CCCNC(CC(CC)CC)c1sccc1Br. The van der Waals surface area contributed by atoms with E-state index in [1.165, 1.54) is 35.0 Å². The molecule has 0 aliphatic rings. The first-order chi connectivity index (χ1) is 8.22. The van der Waals surface area contributed by atoms with Crippen molar-refractivity contribution in [2.45, 2.75) is 52.5 Å². The Labute approximate surface area is 118 Å². The molecule has 0 bridgehead atoms. The van der Waals surface area contributed by atoms with Gasteiger partial charge in [0, 0.05) is 15.4 Å². The van der Waals surface area contributed by atoms with Crippen LogP contribution >= 0.6 is 27.3 Å². The highest BCUT2D eigenvalue weighted by Gasteiger charge is 2.18. The normalized spacial score (nSPS) is 13.2. The molecule has 1 heterocycles. The summed E-state index contributed by atoms with van der Waals surface area (Å²) in [5.74, 6) is 0.832. The van der Waals surface area contributed by atoms with Gasteiger partial charge in [-0.25, -0.2) is 0 Å². The molecule has 1 atom stereocenters. The molecule has 1 aromatic rings. The highest BCUT2D eigenvalue weighted by molar-refractivity contribution is 9.10. The van der Waals surface area contributed by atoms with Gasteiger partial charge in [0.2, 0.25) is 0 Å². The van der Waals surface area contributed by atoms with Gasteiger partial charge in [0.1, 0.15) is 0 Å². The van der Waals surface area contributed by atoms with Gasteiger partial charge in [-0.15, -0.1) is 11.3 Å². The maximum atomic E-state index is 3.69. The van der Waals surface area contributed by atoms with E-state index in [9.17, 15) is 0 Å². The quantitative estimate of drug-likeness (QED) is 0.679. The van der Waals surface area contributed by atoms with Crippen molar-refractivity contribution in [3.63, 3.8) is 0 Å². The Hall–Kier alpha value is 0.140. The summed E-state index contributed by atoms with van der Waals surface area (Å²) < 4.78 is 1.27. The zero-order valence-electron chi connectivity index (χ0n) is 11.1. The molecule has 0 amide bonds. The van der Waals surface area contributed by atoms with Crippen LogP contribution in [0.2, 0.25) is 0 Å². The lowest BCUT2D eigenvalue weighted by atomic mass is 9.94. The van der Waals surface area contributed by atoms with Crippen molar-refractivity contribution in [2.75, 3.05) is 6.54 Å². The van der Waals surface area contributed by atoms with E-state index in [4.69, 9.17) is 0 Å². The predicted octanol–water partition coefficient (Wildman–Crippen LogP) is 5.38. The van der Waals surface area contributed by atoms with Gasteiger partial charge >= 0.3 is 0 Å². The van der Waals surface area contributed by atoms with Crippen molar-refractivity contribution in [2.24, 2.45) is 5.92 Å². The second kappa shape index (κ2) is 8.28. The third-order valence-electron chi connectivity index (χ3n) is 3.33. The molecule has 0 aliphatic heterocycles. The molecule has 1 unspecified atom stereocenters. The van der Waals surface area contributed by atoms with E-state index in [1.807, 2.05) is 11.3 Å². The van der Waals surface area contributed by atoms with Crippen LogP contribution < -0.4 is 5.32 Å². The summed E-state index contributed by atoms with van der Waals surface area (Å²) in [6.45, 7) is 7.93. The number of rotatable bonds is 8. The Balaban J connectivity index is 2.70. The van der Waals surface area contributed by atoms with Crippen molar-refractivity contribution in [1.82, 2.24) is 5.32 Å². The highest BCUT2D eigenvalue weighted by atomic mass is 79.9. The third kappa shape index (κ3) is 4.72. The van der Waals surface area contributed by atoms with E-state index >= 15 is 0 Å². The van der Waals surface area contributed by atoms with E-state index < -0.39 is 0 Å². The standard InChI is InChI=1S/C14H24BrNS/c1-4-8-16-13(10-11(5-2)6-3)14-12(15)7-9-17-14/h7,9,11,13,16H,4-6,8,10H2,1-3H3. The Morgan fingerprint density at radius 1 is 1.29 bits per heavy atom. The summed E-state index contributed by atoms with van der Waals surface area (Å²) in [4.78, 5) is 1.46. The van der Waals surface area contributed by atoms with Gasteiger partial charge in [0.25, 0.3) is 0 Å². The van der Waals surface area contributed by atoms with Crippen LogP contribution in [0.5, 0.6) is 0 Å². The van der Waals surface area contributed by atoms with Gasteiger partial charge in [-0.1, -0.05) is 33.6 Å². The molecule has 0 aliphatic carbocycles.